The summed E-state index contributed by atoms with van der Waals surface area (Å²) in [6, 6.07) is 4.28. The van der Waals surface area contributed by atoms with Gasteiger partial charge >= 0.3 is 6.09 Å². The van der Waals surface area contributed by atoms with Crippen LogP contribution in [0.25, 0.3) is 16.5 Å². The summed E-state index contributed by atoms with van der Waals surface area (Å²) in [4.78, 5) is 29.3. The van der Waals surface area contributed by atoms with Gasteiger partial charge in [-0.05, 0) is 45.7 Å². The largest absolute Gasteiger partial charge is 0.444 e. The van der Waals surface area contributed by atoms with Crippen molar-refractivity contribution in [3.63, 3.8) is 0 Å². The molecule has 0 saturated carbocycles. The standard InChI is InChI=1S/C25H36N6O3/c1-25(2,3)34-24(32)31-8-5-19(6-9-31)28-16-18(15-26)23-21-14-20(29-22(21)4-7-27-23)17-30-10-12-33-13-11-30/h4,7,14-16,19,29H,5-6,8-13,17,26H2,1-3H3. The Morgan fingerprint density at radius 2 is 2.03 bits per heavy atom. The minimum atomic E-state index is -0.485. The lowest BCUT2D eigenvalue weighted by molar-refractivity contribution is 0.0207. The van der Waals surface area contributed by atoms with Crippen LogP contribution in [0.5, 0.6) is 0 Å². The van der Waals surface area contributed by atoms with E-state index in [0.29, 0.717) is 13.1 Å². The van der Waals surface area contributed by atoms with Crippen molar-refractivity contribution in [2.75, 3.05) is 39.4 Å². The molecule has 184 valence electrons. The van der Waals surface area contributed by atoms with Crippen LogP contribution < -0.4 is 5.73 Å². The van der Waals surface area contributed by atoms with Crippen LogP contribution in [0.1, 0.15) is 45.0 Å². The number of nitrogens with zero attached hydrogens (tertiary/aromatic N) is 4. The second kappa shape index (κ2) is 10.6. The molecule has 0 bridgehead atoms. The third-order valence-electron chi connectivity index (χ3n) is 6.10. The zero-order chi connectivity index (χ0) is 24.1. The monoisotopic (exact) mass is 468 g/mol. The number of aromatic nitrogens is 2. The van der Waals surface area contributed by atoms with E-state index in [-0.39, 0.29) is 12.1 Å². The zero-order valence-electron chi connectivity index (χ0n) is 20.4. The molecule has 9 heteroatoms. The first-order valence-electron chi connectivity index (χ1n) is 12.0. The van der Waals surface area contributed by atoms with E-state index < -0.39 is 5.60 Å². The molecular formula is C25H36N6O3. The normalized spacial score (nSPS) is 19.3. The molecule has 1 amide bonds. The first-order valence-corrected chi connectivity index (χ1v) is 12.0. The Kier molecular flexibility index (Phi) is 7.53. The number of pyridine rings is 1. The minimum absolute atomic E-state index is 0.135. The van der Waals surface area contributed by atoms with E-state index in [4.69, 9.17) is 20.2 Å². The van der Waals surface area contributed by atoms with E-state index >= 15 is 0 Å². The molecule has 0 aliphatic carbocycles. The number of ether oxygens (including phenoxy) is 2. The van der Waals surface area contributed by atoms with Gasteiger partial charge in [0.2, 0.25) is 0 Å². The van der Waals surface area contributed by atoms with Gasteiger partial charge in [0.1, 0.15) is 5.60 Å². The summed E-state index contributed by atoms with van der Waals surface area (Å²) in [5.41, 5.74) is 9.30. The number of rotatable bonds is 5. The first kappa shape index (κ1) is 24.2. The van der Waals surface area contributed by atoms with Crippen molar-refractivity contribution in [1.82, 2.24) is 19.8 Å². The molecule has 3 N–H and O–H groups in total. The van der Waals surface area contributed by atoms with Crippen LogP contribution >= 0.6 is 0 Å². The van der Waals surface area contributed by atoms with Crippen LogP contribution in [-0.2, 0) is 16.0 Å². The zero-order valence-corrected chi connectivity index (χ0v) is 20.4. The van der Waals surface area contributed by atoms with E-state index in [1.807, 2.05) is 33.1 Å². The highest BCUT2D eigenvalue weighted by molar-refractivity contribution is 6.13. The fourth-order valence-corrected chi connectivity index (χ4v) is 4.32. The molecule has 2 fully saturated rings. The molecule has 4 rings (SSSR count). The number of carbonyl (C=O) groups is 1. The Hall–Kier alpha value is -2.91. The average Bonchev–Trinajstić information content (AvgIpc) is 3.22. The Morgan fingerprint density at radius 1 is 1.29 bits per heavy atom. The van der Waals surface area contributed by atoms with Crippen molar-refractivity contribution in [2.24, 2.45) is 10.7 Å². The van der Waals surface area contributed by atoms with Gasteiger partial charge in [0.05, 0.1) is 24.9 Å². The van der Waals surface area contributed by atoms with E-state index in [1.54, 1.807) is 17.3 Å². The SMILES string of the molecule is CC(C)(C)OC(=O)N1CCC(N=CC(=CN)c2nccc3[nH]c(CN4CCOCC4)cc23)CC1. The molecule has 0 atom stereocenters. The number of H-pyrrole nitrogens is 1. The molecular weight excluding hydrogens is 432 g/mol. The fraction of sp³-hybridized carbons (Fsp3) is 0.560. The summed E-state index contributed by atoms with van der Waals surface area (Å²) in [7, 11) is 0. The van der Waals surface area contributed by atoms with E-state index in [2.05, 4.69) is 20.9 Å². The number of aromatic amines is 1. The molecule has 2 aromatic rings. The van der Waals surface area contributed by atoms with Crippen LogP contribution in [0.15, 0.2) is 29.5 Å². The number of hydrogen-bond donors (Lipinski definition) is 2. The van der Waals surface area contributed by atoms with Crippen LogP contribution in [-0.4, -0.2) is 83.1 Å². The van der Waals surface area contributed by atoms with E-state index in [9.17, 15) is 4.79 Å². The van der Waals surface area contributed by atoms with Crippen molar-refractivity contribution in [2.45, 2.75) is 51.8 Å². The molecule has 2 aliphatic heterocycles. The van der Waals surface area contributed by atoms with Gasteiger partial charge in [-0.3, -0.25) is 14.9 Å². The van der Waals surface area contributed by atoms with Gasteiger partial charge in [-0.25, -0.2) is 4.79 Å². The number of aliphatic imine (C=N–C) groups is 1. The lowest BCUT2D eigenvalue weighted by atomic mass is 10.1. The topological polar surface area (TPSA) is 109 Å². The van der Waals surface area contributed by atoms with Gasteiger partial charge in [0.15, 0.2) is 0 Å². The predicted octanol–water partition coefficient (Wildman–Crippen LogP) is 3.17. The summed E-state index contributed by atoms with van der Waals surface area (Å²) >= 11 is 0. The molecule has 0 unspecified atom stereocenters. The average molecular weight is 469 g/mol. The maximum absolute atomic E-state index is 12.3. The maximum Gasteiger partial charge on any atom is 0.410 e. The maximum atomic E-state index is 12.3. The molecule has 2 aliphatic rings. The fourth-order valence-electron chi connectivity index (χ4n) is 4.32. The van der Waals surface area contributed by atoms with Gasteiger partial charge in [0.25, 0.3) is 0 Å². The highest BCUT2D eigenvalue weighted by Gasteiger charge is 2.26. The van der Waals surface area contributed by atoms with Crippen LogP contribution in [0.2, 0.25) is 0 Å². The van der Waals surface area contributed by atoms with Gasteiger partial charge < -0.3 is 25.1 Å². The van der Waals surface area contributed by atoms with Crippen molar-refractivity contribution in [3.8, 4) is 0 Å². The predicted molar refractivity (Wildman–Crippen MR) is 134 cm³/mol. The van der Waals surface area contributed by atoms with E-state index in [1.165, 1.54) is 0 Å². The van der Waals surface area contributed by atoms with Crippen molar-refractivity contribution in [1.29, 1.82) is 0 Å². The highest BCUT2D eigenvalue weighted by Crippen LogP contribution is 2.24. The number of allylic oxidation sites excluding steroid dienone is 1. The van der Waals surface area contributed by atoms with Crippen molar-refractivity contribution < 1.29 is 14.3 Å². The van der Waals surface area contributed by atoms with Crippen molar-refractivity contribution >= 4 is 28.8 Å². The Labute approximate surface area is 201 Å². The smallest absolute Gasteiger partial charge is 0.410 e. The second-order valence-electron chi connectivity index (χ2n) is 9.90. The molecule has 0 spiro atoms. The number of carbonyl (C=O) groups excluding carboxylic acids is 1. The number of piperidine rings is 1. The van der Waals surface area contributed by atoms with Crippen LogP contribution in [0, 0.1) is 0 Å². The minimum Gasteiger partial charge on any atom is -0.444 e. The number of hydrogen-bond acceptors (Lipinski definition) is 7. The van der Waals surface area contributed by atoms with Gasteiger partial charge in [0, 0.05) is 73.5 Å². The quantitative estimate of drug-likeness (QED) is 0.653. The molecule has 9 nitrogen and oxygen atoms in total. The molecule has 0 radical (unpaired) electrons. The summed E-state index contributed by atoms with van der Waals surface area (Å²) < 4.78 is 10.9. The number of amides is 1. The third kappa shape index (κ3) is 6.15. The molecule has 2 aromatic heterocycles. The summed E-state index contributed by atoms with van der Waals surface area (Å²) in [6.45, 7) is 11.2. The number of nitrogens with one attached hydrogen (secondary N) is 1. The molecule has 34 heavy (non-hydrogen) atoms. The number of likely N-dealkylation sites (tertiary alicyclic amines) is 1. The summed E-state index contributed by atoms with van der Waals surface area (Å²) in [6.07, 6.45) is 6.51. The number of fused-ring (bicyclic) bond motifs is 1. The van der Waals surface area contributed by atoms with Gasteiger partial charge in [-0.2, -0.15) is 0 Å². The van der Waals surface area contributed by atoms with Crippen LogP contribution in [0.4, 0.5) is 4.79 Å². The summed E-state index contributed by atoms with van der Waals surface area (Å²) in [5, 5.41) is 1.04. The van der Waals surface area contributed by atoms with E-state index in [0.717, 1.165) is 73.6 Å². The third-order valence-corrected chi connectivity index (χ3v) is 6.10. The second-order valence-corrected chi connectivity index (χ2v) is 9.90. The van der Waals surface area contributed by atoms with Gasteiger partial charge in [-0.1, -0.05) is 0 Å². The lowest BCUT2D eigenvalue weighted by Gasteiger charge is -2.32. The number of nitrogens with two attached hydrogens (primary N) is 1. The van der Waals surface area contributed by atoms with Gasteiger partial charge in [-0.15, -0.1) is 0 Å². The summed E-state index contributed by atoms with van der Waals surface area (Å²) in [5.74, 6) is 0. The van der Waals surface area contributed by atoms with Crippen LogP contribution in [0.3, 0.4) is 0 Å². The Morgan fingerprint density at radius 3 is 2.71 bits per heavy atom. The highest BCUT2D eigenvalue weighted by atomic mass is 16.6. The molecule has 0 aromatic carbocycles. The Bertz CT molecular complexity index is 1040. The number of morpholine rings is 1. The Balaban J connectivity index is 1.40. The van der Waals surface area contributed by atoms with Crippen molar-refractivity contribution in [3.05, 3.63) is 35.9 Å². The lowest BCUT2D eigenvalue weighted by Crippen LogP contribution is -2.42. The molecule has 4 heterocycles. The molecule has 2 saturated heterocycles. The first-order chi connectivity index (χ1) is 16.3.